The normalized spacial score (nSPS) is 34.5. The van der Waals surface area contributed by atoms with Gasteiger partial charge in [0.25, 0.3) is 0 Å². The summed E-state index contributed by atoms with van der Waals surface area (Å²) in [6.07, 6.45) is 0.507. The molecule has 2 aliphatic heterocycles. The number of carboxylic acid groups (broad SMARTS) is 1. The molecule has 2 atom stereocenters. The maximum absolute atomic E-state index is 10.8. The van der Waals surface area contributed by atoms with E-state index in [1.165, 1.54) is 0 Å². The van der Waals surface area contributed by atoms with E-state index in [4.69, 9.17) is 9.84 Å². The Kier molecular flexibility index (Phi) is 3.23. The van der Waals surface area contributed by atoms with Gasteiger partial charge >= 0.3 is 5.97 Å². The van der Waals surface area contributed by atoms with Crippen molar-refractivity contribution in [1.29, 1.82) is 0 Å². The average molecular weight is 214 g/mol. The Bertz CT molecular complexity index is 247. The fourth-order valence-electron chi connectivity index (χ4n) is 2.36. The molecule has 5 nitrogen and oxygen atoms in total. The smallest absolute Gasteiger partial charge is 0.334 e. The molecule has 5 heteroatoms. The van der Waals surface area contributed by atoms with E-state index in [0.29, 0.717) is 19.2 Å². The minimum Gasteiger partial charge on any atom is -0.479 e. The number of hydrogen-bond acceptors (Lipinski definition) is 4. The maximum atomic E-state index is 10.8. The summed E-state index contributed by atoms with van der Waals surface area (Å²) in [5.74, 6) is -0.842. The molecule has 0 saturated carbocycles. The second-order valence-corrected chi connectivity index (χ2v) is 4.40. The summed E-state index contributed by atoms with van der Waals surface area (Å²) in [5.41, 5.74) is 0. The quantitative estimate of drug-likeness (QED) is 0.670. The van der Waals surface area contributed by atoms with E-state index >= 15 is 0 Å². The van der Waals surface area contributed by atoms with Crippen LogP contribution in [-0.4, -0.2) is 72.9 Å². The predicted octanol–water partition coefficient (Wildman–Crippen LogP) is -0.524. The van der Waals surface area contributed by atoms with Crippen LogP contribution >= 0.6 is 0 Å². The fraction of sp³-hybridized carbons (Fsp3) is 0.900. The highest BCUT2D eigenvalue weighted by Gasteiger charge is 2.32. The highest BCUT2D eigenvalue weighted by molar-refractivity contribution is 5.72. The lowest BCUT2D eigenvalue weighted by Gasteiger charge is -2.35. The summed E-state index contributed by atoms with van der Waals surface area (Å²) in [4.78, 5) is 15.4. The zero-order valence-corrected chi connectivity index (χ0v) is 9.06. The number of likely N-dealkylation sites (tertiary alicyclic amines) is 1. The number of ether oxygens (including phenoxy) is 1. The lowest BCUT2D eigenvalue weighted by molar-refractivity contribution is -0.157. The second-order valence-electron chi connectivity index (χ2n) is 4.40. The molecule has 2 saturated heterocycles. The third-order valence-corrected chi connectivity index (χ3v) is 3.26. The van der Waals surface area contributed by atoms with E-state index in [0.717, 1.165) is 26.1 Å². The summed E-state index contributed by atoms with van der Waals surface area (Å²) in [6.45, 7) is 4.10. The monoisotopic (exact) mass is 214 g/mol. The van der Waals surface area contributed by atoms with Crippen molar-refractivity contribution >= 4 is 5.97 Å². The van der Waals surface area contributed by atoms with Crippen molar-refractivity contribution in [3.63, 3.8) is 0 Å². The number of likely N-dealkylation sites (N-methyl/N-ethyl adjacent to an activating group) is 1. The molecule has 86 valence electrons. The molecular weight excluding hydrogens is 196 g/mol. The van der Waals surface area contributed by atoms with Crippen LogP contribution in [0.15, 0.2) is 0 Å². The molecule has 0 aliphatic carbocycles. The first kappa shape index (κ1) is 10.9. The molecular formula is C10H18N2O3. The number of rotatable bonds is 2. The molecule has 2 fully saturated rings. The van der Waals surface area contributed by atoms with Gasteiger partial charge in [0.15, 0.2) is 6.10 Å². The summed E-state index contributed by atoms with van der Waals surface area (Å²) in [6, 6.07) is 0.515. The van der Waals surface area contributed by atoms with Gasteiger partial charge in [-0.1, -0.05) is 0 Å². The van der Waals surface area contributed by atoms with Crippen molar-refractivity contribution < 1.29 is 14.6 Å². The van der Waals surface area contributed by atoms with Gasteiger partial charge in [0.05, 0.1) is 6.61 Å². The van der Waals surface area contributed by atoms with Crippen LogP contribution in [0.4, 0.5) is 0 Å². The Morgan fingerprint density at radius 2 is 2.20 bits per heavy atom. The molecule has 15 heavy (non-hydrogen) atoms. The molecule has 0 radical (unpaired) electrons. The number of carbonyl (C=O) groups is 1. The highest BCUT2D eigenvalue weighted by Crippen LogP contribution is 2.17. The fourth-order valence-corrected chi connectivity index (χ4v) is 2.36. The summed E-state index contributed by atoms with van der Waals surface area (Å²) in [5, 5.41) is 8.89. The van der Waals surface area contributed by atoms with Crippen molar-refractivity contribution in [3.8, 4) is 0 Å². The van der Waals surface area contributed by atoms with Gasteiger partial charge in [0, 0.05) is 25.7 Å². The Morgan fingerprint density at radius 3 is 2.80 bits per heavy atom. The summed E-state index contributed by atoms with van der Waals surface area (Å²) >= 11 is 0. The lowest BCUT2D eigenvalue weighted by atomic mass is 10.2. The van der Waals surface area contributed by atoms with E-state index in [1.807, 2.05) is 0 Å². The van der Waals surface area contributed by atoms with Crippen LogP contribution in [0.25, 0.3) is 0 Å². The Labute approximate surface area is 89.6 Å². The molecule has 0 aromatic carbocycles. The van der Waals surface area contributed by atoms with Crippen LogP contribution in [0.1, 0.15) is 6.42 Å². The van der Waals surface area contributed by atoms with Gasteiger partial charge in [0.1, 0.15) is 0 Å². The van der Waals surface area contributed by atoms with E-state index in [2.05, 4.69) is 16.8 Å². The number of carboxylic acids is 1. The van der Waals surface area contributed by atoms with Crippen LogP contribution in [-0.2, 0) is 9.53 Å². The van der Waals surface area contributed by atoms with Crippen LogP contribution in [0.5, 0.6) is 0 Å². The van der Waals surface area contributed by atoms with Gasteiger partial charge in [-0.05, 0) is 20.0 Å². The molecule has 0 bridgehead atoms. The standard InChI is InChI=1S/C10H18N2O3/c1-11-3-2-8(6-11)12-4-5-15-9(7-12)10(13)14/h8-9H,2-7H2,1H3,(H,13,14). The zero-order valence-electron chi connectivity index (χ0n) is 9.06. The lowest BCUT2D eigenvalue weighted by Crippen LogP contribution is -2.50. The van der Waals surface area contributed by atoms with Gasteiger partial charge in [-0.15, -0.1) is 0 Å². The molecule has 2 aliphatic rings. The van der Waals surface area contributed by atoms with Crippen LogP contribution in [0, 0.1) is 0 Å². The molecule has 2 heterocycles. The topological polar surface area (TPSA) is 53.0 Å². The second kappa shape index (κ2) is 4.47. The SMILES string of the molecule is CN1CCC(N2CCOC(C(=O)O)C2)C1. The third-order valence-electron chi connectivity index (χ3n) is 3.26. The Morgan fingerprint density at radius 1 is 1.40 bits per heavy atom. The molecule has 0 aromatic rings. The largest absolute Gasteiger partial charge is 0.479 e. The molecule has 0 spiro atoms. The van der Waals surface area contributed by atoms with Gasteiger partial charge in [-0.25, -0.2) is 4.79 Å². The number of hydrogen-bond donors (Lipinski definition) is 1. The highest BCUT2D eigenvalue weighted by atomic mass is 16.5. The summed E-state index contributed by atoms with van der Waals surface area (Å²) < 4.78 is 5.20. The predicted molar refractivity (Wildman–Crippen MR) is 54.9 cm³/mol. The van der Waals surface area contributed by atoms with Crippen molar-refractivity contribution in [2.75, 3.05) is 39.8 Å². The van der Waals surface area contributed by atoms with Crippen LogP contribution < -0.4 is 0 Å². The van der Waals surface area contributed by atoms with Crippen LogP contribution in [0.3, 0.4) is 0 Å². The molecule has 0 aromatic heterocycles. The summed E-state index contributed by atoms with van der Waals surface area (Å²) in [7, 11) is 2.11. The zero-order chi connectivity index (χ0) is 10.8. The third kappa shape index (κ3) is 2.48. The number of nitrogens with zero attached hydrogens (tertiary/aromatic N) is 2. The van der Waals surface area contributed by atoms with E-state index in [9.17, 15) is 4.79 Å². The first-order chi connectivity index (χ1) is 7.16. The van der Waals surface area contributed by atoms with Crippen molar-refractivity contribution in [2.24, 2.45) is 0 Å². The number of morpholine rings is 1. The van der Waals surface area contributed by atoms with E-state index in [1.54, 1.807) is 0 Å². The van der Waals surface area contributed by atoms with Gasteiger partial charge in [-0.3, -0.25) is 4.90 Å². The molecule has 1 N–H and O–H groups in total. The van der Waals surface area contributed by atoms with Crippen molar-refractivity contribution in [3.05, 3.63) is 0 Å². The number of aliphatic carboxylic acids is 1. The van der Waals surface area contributed by atoms with E-state index in [-0.39, 0.29) is 0 Å². The average Bonchev–Trinajstić information content (AvgIpc) is 2.65. The Balaban J connectivity index is 1.90. The van der Waals surface area contributed by atoms with Crippen LogP contribution in [0.2, 0.25) is 0 Å². The minimum absolute atomic E-state index is 0.515. The first-order valence-electron chi connectivity index (χ1n) is 5.44. The molecule has 0 amide bonds. The Hall–Kier alpha value is -0.650. The van der Waals surface area contributed by atoms with E-state index < -0.39 is 12.1 Å². The minimum atomic E-state index is -0.842. The van der Waals surface area contributed by atoms with Gasteiger partial charge in [-0.2, -0.15) is 0 Å². The molecule has 2 unspecified atom stereocenters. The molecule has 2 rings (SSSR count). The first-order valence-corrected chi connectivity index (χ1v) is 5.44. The van der Waals surface area contributed by atoms with Gasteiger partial charge in [0.2, 0.25) is 0 Å². The van der Waals surface area contributed by atoms with Gasteiger partial charge < -0.3 is 14.7 Å². The maximum Gasteiger partial charge on any atom is 0.334 e. The van der Waals surface area contributed by atoms with Crippen molar-refractivity contribution in [2.45, 2.75) is 18.6 Å². The van der Waals surface area contributed by atoms with Crippen molar-refractivity contribution in [1.82, 2.24) is 9.80 Å².